The second-order valence-corrected chi connectivity index (χ2v) is 4.54. The molecule has 4 heteroatoms. The van der Waals surface area contributed by atoms with E-state index in [1.165, 1.54) is 0 Å². The topological polar surface area (TPSA) is 68.0 Å². The minimum Gasteiger partial charge on any atom is -0.344 e. The highest BCUT2D eigenvalue weighted by Gasteiger charge is 2.12. The fourth-order valence-electron chi connectivity index (χ4n) is 1.89. The van der Waals surface area contributed by atoms with E-state index in [2.05, 4.69) is 22.1 Å². The first-order valence-electron chi connectivity index (χ1n) is 6.71. The molecule has 0 aliphatic heterocycles. The van der Waals surface area contributed by atoms with E-state index < -0.39 is 0 Å². The minimum atomic E-state index is -0.193. The van der Waals surface area contributed by atoms with Gasteiger partial charge in [0.05, 0.1) is 12.6 Å². The quantitative estimate of drug-likeness (QED) is 0.843. The zero-order chi connectivity index (χ0) is 15.1. The fourth-order valence-corrected chi connectivity index (χ4v) is 1.89. The number of carbonyl (C=O) groups excluding carboxylic acids is 1. The van der Waals surface area contributed by atoms with Crippen LogP contribution in [0, 0.1) is 11.8 Å². The number of nitrogens with zero attached hydrogens (tertiary/aromatic N) is 1. The molecule has 0 saturated heterocycles. The normalized spacial score (nSPS) is 11.1. The Kier molecular flexibility index (Phi) is 5.08. The molecule has 3 N–H and O–H groups in total. The lowest BCUT2D eigenvalue weighted by atomic mass is 10.1. The van der Waals surface area contributed by atoms with E-state index in [9.17, 15) is 4.79 Å². The number of hydrogen-bond donors (Lipinski definition) is 2. The van der Waals surface area contributed by atoms with Gasteiger partial charge in [-0.15, -0.1) is 0 Å². The molecule has 1 aromatic carbocycles. The Morgan fingerprint density at radius 3 is 2.90 bits per heavy atom. The highest BCUT2D eigenvalue weighted by molar-refractivity contribution is 5.92. The van der Waals surface area contributed by atoms with Crippen molar-refractivity contribution in [1.29, 1.82) is 0 Å². The molecular weight excluding hydrogens is 262 g/mol. The molecule has 1 aromatic heterocycles. The monoisotopic (exact) mass is 279 g/mol. The van der Waals surface area contributed by atoms with Gasteiger partial charge in [-0.3, -0.25) is 9.78 Å². The van der Waals surface area contributed by atoms with Crippen LogP contribution >= 0.6 is 0 Å². The van der Waals surface area contributed by atoms with Crippen molar-refractivity contribution in [1.82, 2.24) is 10.3 Å². The van der Waals surface area contributed by atoms with Crippen molar-refractivity contribution in [2.45, 2.75) is 13.0 Å². The van der Waals surface area contributed by atoms with Gasteiger partial charge in [0.15, 0.2) is 0 Å². The molecule has 1 unspecified atom stereocenters. The van der Waals surface area contributed by atoms with Gasteiger partial charge in [-0.05, 0) is 36.8 Å². The van der Waals surface area contributed by atoms with Gasteiger partial charge in [0.25, 0.3) is 5.91 Å². The Morgan fingerprint density at radius 2 is 2.19 bits per heavy atom. The Hall–Kier alpha value is -2.64. The predicted molar refractivity (Wildman–Crippen MR) is 82.5 cm³/mol. The number of nitrogens with one attached hydrogen (secondary N) is 1. The molecule has 1 atom stereocenters. The van der Waals surface area contributed by atoms with Crippen LogP contribution in [0.5, 0.6) is 0 Å². The van der Waals surface area contributed by atoms with E-state index >= 15 is 0 Å². The summed E-state index contributed by atoms with van der Waals surface area (Å²) in [5.41, 5.74) is 7.65. The van der Waals surface area contributed by atoms with Gasteiger partial charge in [0.1, 0.15) is 5.69 Å². The largest absolute Gasteiger partial charge is 0.344 e. The first kappa shape index (κ1) is 14.8. The fraction of sp³-hybridized carbons (Fsp3) is 0.176. The summed E-state index contributed by atoms with van der Waals surface area (Å²) in [6, 6.07) is 12.9. The number of rotatable bonds is 3. The zero-order valence-corrected chi connectivity index (χ0v) is 11.8. The summed E-state index contributed by atoms with van der Waals surface area (Å²) in [7, 11) is 0. The summed E-state index contributed by atoms with van der Waals surface area (Å²) < 4.78 is 0. The summed E-state index contributed by atoms with van der Waals surface area (Å²) in [5, 5.41) is 2.92. The van der Waals surface area contributed by atoms with Gasteiger partial charge in [-0.1, -0.05) is 30.0 Å². The molecule has 0 aliphatic carbocycles. The lowest BCUT2D eigenvalue weighted by Gasteiger charge is -2.14. The van der Waals surface area contributed by atoms with E-state index in [4.69, 9.17) is 5.73 Å². The third kappa shape index (κ3) is 4.16. The van der Waals surface area contributed by atoms with Gasteiger partial charge in [0, 0.05) is 11.8 Å². The van der Waals surface area contributed by atoms with Crippen molar-refractivity contribution in [3.05, 3.63) is 65.5 Å². The van der Waals surface area contributed by atoms with Crippen LogP contribution in [0.1, 0.15) is 34.6 Å². The van der Waals surface area contributed by atoms with Gasteiger partial charge in [0.2, 0.25) is 0 Å². The molecule has 0 spiro atoms. The smallest absolute Gasteiger partial charge is 0.270 e. The Labute approximate surface area is 124 Å². The van der Waals surface area contributed by atoms with Crippen LogP contribution in [0.25, 0.3) is 0 Å². The van der Waals surface area contributed by atoms with Crippen LogP contribution in [0.4, 0.5) is 0 Å². The first-order valence-corrected chi connectivity index (χ1v) is 6.71. The molecule has 0 aliphatic rings. The maximum atomic E-state index is 12.1. The maximum Gasteiger partial charge on any atom is 0.270 e. The number of nitrogens with two attached hydrogens (primary N) is 1. The van der Waals surface area contributed by atoms with Crippen LogP contribution in [-0.2, 0) is 0 Å². The molecule has 2 aromatic rings. The first-order chi connectivity index (χ1) is 10.2. The van der Waals surface area contributed by atoms with Crippen LogP contribution < -0.4 is 11.1 Å². The van der Waals surface area contributed by atoms with E-state index in [1.54, 1.807) is 24.4 Å². The molecule has 0 saturated carbocycles. The van der Waals surface area contributed by atoms with E-state index in [1.807, 2.05) is 31.2 Å². The second kappa shape index (κ2) is 7.22. The van der Waals surface area contributed by atoms with E-state index in [-0.39, 0.29) is 11.9 Å². The van der Waals surface area contributed by atoms with Crippen LogP contribution in [0.3, 0.4) is 0 Å². The number of hydrogen-bond acceptors (Lipinski definition) is 3. The summed E-state index contributed by atoms with van der Waals surface area (Å²) in [4.78, 5) is 16.1. The predicted octanol–water partition coefficient (Wildman–Crippen LogP) is 1.88. The Balaban J connectivity index is 2.10. The molecule has 4 nitrogen and oxygen atoms in total. The third-order valence-corrected chi connectivity index (χ3v) is 2.97. The zero-order valence-electron chi connectivity index (χ0n) is 11.8. The Morgan fingerprint density at radius 1 is 1.33 bits per heavy atom. The lowest BCUT2D eigenvalue weighted by Crippen LogP contribution is -2.27. The molecular formula is C17H17N3O. The van der Waals surface area contributed by atoms with Gasteiger partial charge in [-0.25, -0.2) is 0 Å². The molecule has 106 valence electrons. The van der Waals surface area contributed by atoms with E-state index in [0.29, 0.717) is 12.2 Å². The molecule has 2 rings (SSSR count). The lowest BCUT2D eigenvalue weighted by molar-refractivity contribution is 0.0935. The molecule has 0 bridgehead atoms. The summed E-state index contributed by atoms with van der Waals surface area (Å²) in [5.74, 6) is 5.61. The van der Waals surface area contributed by atoms with Crippen molar-refractivity contribution >= 4 is 5.91 Å². The van der Waals surface area contributed by atoms with Crippen molar-refractivity contribution < 1.29 is 4.79 Å². The number of pyridine rings is 1. The molecule has 0 fully saturated rings. The molecule has 0 radical (unpaired) electrons. The Bertz CT molecular complexity index is 671. The highest BCUT2D eigenvalue weighted by atomic mass is 16.1. The van der Waals surface area contributed by atoms with Crippen molar-refractivity contribution in [3.8, 4) is 11.8 Å². The van der Waals surface area contributed by atoms with Crippen LogP contribution in [0.2, 0.25) is 0 Å². The van der Waals surface area contributed by atoms with Crippen LogP contribution in [-0.4, -0.2) is 17.4 Å². The summed E-state index contributed by atoms with van der Waals surface area (Å²) in [6.07, 6.45) is 1.60. The summed E-state index contributed by atoms with van der Waals surface area (Å²) >= 11 is 0. The molecule has 1 heterocycles. The van der Waals surface area contributed by atoms with Gasteiger partial charge in [-0.2, -0.15) is 0 Å². The molecule has 1 amide bonds. The maximum absolute atomic E-state index is 12.1. The van der Waals surface area contributed by atoms with Gasteiger partial charge >= 0.3 is 0 Å². The average Bonchev–Trinajstić information content (AvgIpc) is 2.54. The van der Waals surface area contributed by atoms with Gasteiger partial charge < -0.3 is 11.1 Å². The number of aromatic nitrogens is 1. The number of benzene rings is 1. The van der Waals surface area contributed by atoms with Crippen LogP contribution in [0.15, 0.2) is 48.7 Å². The second-order valence-electron chi connectivity index (χ2n) is 4.54. The third-order valence-electron chi connectivity index (χ3n) is 2.97. The standard InChI is InChI=1S/C17H17N3O/c1-13(20-17(21)16-9-2-3-11-19-16)15-8-4-6-14(12-15)7-5-10-18/h2-4,6,8-9,11-13H,10,18H2,1H3,(H,20,21). The molecule has 21 heavy (non-hydrogen) atoms. The van der Waals surface area contributed by atoms with E-state index in [0.717, 1.165) is 11.1 Å². The van der Waals surface area contributed by atoms with Crippen molar-refractivity contribution in [2.75, 3.05) is 6.54 Å². The van der Waals surface area contributed by atoms with Crippen molar-refractivity contribution in [2.24, 2.45) is 5.73 Å². The number of amides is 1. The highest BCUT2D eigenvalue weighted by Crippen LogP contribution is 2.14. The average molecular weight is 279 g/mol. The summed E-state index contributed by atoms with van der Waals surface area (Å²) in [6.45, 7) is 2.26. The minimum absolute atomic E-state index is 0.126. The van der Waals surface area contributed by atoms with Crippen molar-refractivity contribution in [3.63, 3.8) is 0 Å². The SMILES string of the molecule is CC(NC(=O)c1ccccn1)c1cccc(C#CCN)c1. The number of carbonyl (C=O) groups is 1.